The minimum Gasteiger partial charge on any atom is -0.496 e. The highest BCUT2D eigenvalue weighted by Crippen LogP contribution is 2.36. The van der Waals surface area contributed by atoms with Gasteiger partial charge in [0, 0.05) is 24.9 Å². The molecule has 0 aromatic heterocycles. The molecule has 1 aromatic carbocycles. The van der Waals surface area contributed by atoms with Crippen molar-refractivity contribution in [2.24, 2.45) is 5.92 Å². The van der Waals surface area contributed by atoms with Gasteiger partial charge in [0.05, 0.1) is 37.9 Å². The van der Waals surface area contributed by atoms with Crippen LogP contribution in [-0.2, 0) is 19.1 Å². The first-order valence-corrected chi connectivity index (χ1v) is 11.4. The van der Waals surface area contributed by atoms with Crippen LogP contribution in [0.2, 0.25) is 0 Å². The zero-order valence-electron chi connectivity index (χ0n) is 19.8. The Labute approximate surface area is 194 Å². The summed E-state index contributed by atoms with van der Waals surface area (Å²) in [7, 11) is 3.20. The molecule has 1 atom stereocenters. The first-order chi connectivity index (χ1) is 15.9. The number of carbonyl (C=O) groups excluding carboxylic acids is 3. The second kappa shape index (κ2) is 11.2. The second-order valence-corrected chi connectivity index (χ2v) is 8.07. The van der Waals surface area contributed by atoms with Gasteiger partial charge in [-0.1, -0.05) is 18.2 Å². The monoisotopic (exact) mass is 459 g/mol. The number of ether oxygens (including phenoxy) is 3. The van der Waals surface area contributed by atoms with Gasteiger partial charge in [-0.2, -0.15) is 0 Å². The summed E-state index contributed by atoms with van der Waals surface area (Å²) in [5.41, 5.74) is 1.65. The maximum Gasteiger partial charge on any atom is 0.338 e. The average molecular weight is 460 g/mol. The molecule has 3 rings (SSSR count). The Bertz CT molecular complexity index is 907. The van der Waals surface area contributed by atoms with Crippen molar-refractivity contribution in [2.75, 3.05) is 47.0 Å². The van der Waals surface area contributed by atoms with Gasteiger partial charge in [-0.05, 0) is 45.8 Å². The summed E-state index contributed by atoms with van der Waals surface area (Å²) in [6, 6.07) is 6.29. The van der Waals surface area contributed by atoms with Crippen molar-refractivity contribution in [3.63, 3.8) is 0 Å². The molecule has 180 valence electrons. The molecule has 0 radical (unpaired) electrons. The third kappa shape index (κ3) is 5.47. The van der Waals surface area contributed by atoms with Crippen LogP contribution in [0, 0.1) is 5.92 Å². The van der Waals surface area contributed by atoms with Crippen LogP contribution in [0.4, 0.5) is 4.79 Å². The van der Waals surface area contributed by atoms with Crippen LogP contribution in [0.25, 0.3) is 0 Å². The molecule has 0 bridgehead atoms. The van der Waals surface area contributed by atoms with E-state index in [2.05, 4.69) is 10.2 Å². The molecule has 9 nitrogen and oxygen atoms in total. The predicted octanol–water partition coefficient (Wildman–Crippen LogP) is 2.48. The van der Waals surface area contributed by atoms with Gasteiger partial charge >= 0.3 is 18.0 Å². The Morgan fingerprint density at radius 3 is 2.39 bits per heavy atom. The minimum atomic E-state index is -0.698. The van der Waals surface area contributed by atoms with Crippen LogP contribution in [0.1, 0.15) is 38.3 Å². The topological polar surface area (TPSA) is 97.4 Å². The number of para-hydroxylation sites is 1. The van der Waals surface area contributed by atoms with Crippen molar-refractivity contribution in [3.05, 3.63) is 41.1 Å². The summed E-state index contributed by atoms with van der Waals surface area (Å²) in [6.07, 6.45) is 1.35. The summed E-state index contributed by atoms with van der Waals surface area (Å²) >= 11 is 0. The normalized spacial score (nSPS) is 19.8. The van der Waals surface area contributed by atoms with E-state index in [1.54, 1.807) is 34.1 Å². The fourth-order valence-electron chi connectivity index (χ4n) is 4.33. The Hall–Kier alpha value is -3.07. The number of rotatable bonds is 8. The van der Waals surface area contributed by atoms with E-state index in [4.69, 9.17) is 14.2 Å². The van der Waals surface area contributed by atoms with E-state index < -0.39 is 12.0 Å². The third-order valence-corrected chi connectivity index (χ3v) is 6.10. The van der Waals surface area contributed by atoms with Crippen LogP contribution >= 0.6 is 0 Å². The molecule has 2 amide bonds. The van der Waals surface area contributed by atoms with Gasteiger partial charge < -0.3 is 19.5 Å². The fraction of sp³-hybridized carbons (Fsp3) is 0.542. The number of methoxy groups -OCH3 is 1. The summed E-state index contributed by atoms with van der Waals surface area (Å²) in [5.74, 6) is -0.178. The number of hydrogen-bond donors (Lipinski definition) is 1. The Kier molecular flexibility index (Phi) is 8.32. The smallest absolute Gasteiger partial charge is 0.338 e. The van der Waals surface area contributed by atoms with Crippen molar-refractivity contribution in [1.29, 1.82) is 0 Å². The van der Waals surface area contributed by atoms with Crippen molar-refractivity contribution >= 4 is 18.0 Å². The maximum absolute atomic E-state index is 13.1. The second-order valence-electron chi connectivity index (χ2n) is 8.07. The largest absolute Gasteiger partial charge is 0.496 e. The molecule has 0 saturated carbocycles. The number of amides is 2. The standard InChI is InChI=1S/C24H33N3O6/c1-5-32-22(28)16-11-13-27(14-12-16)15-18-20(23(29)33-6-2)21(25-24(30)26(18)3)17-9-7-8-10-19(17)31-4/h7-10,16,21H,5-6,11-15H2,1-4H3,(H,25,30)/t21-/m1/s1. The van der Waals surface area contributed by atoms with Crippen LogP contribution in [0.3, 0.4) is 0 Å². The van der Waals surface area contributed by atoms with E-state index in [0.717, 1.165) is 0 Å². The van der Waals surface area contributed by atoms with Gasteiger partial charge in [0.15, 0.2) is 0 Å². The molecule has 1 saturated heterocycles. The number of nitrogens with zero attached hydrogens (tertiary/aromatic N) is 2. The zero-order chi connectivity index (χ0) is 24.0. The van der Waals surface area contributed by atoms with Crippen LogP contribution in [0.5, 0.6) is 5.75 Å². The first kappa shape index (κ1) is 24.6. The van der Waals surface area contributed by atoms with Gasteiger partial charge in [0.25, 0.3) is 0 Å². The molecular weight excluding hydrogens is 426 g/mol. The van der Waals surface area contributed by atoms with E-state index in [0.29, 0.717) is 61.7 Å². The zero-order valence-corrected chi connectivity index (χ0v) is 19.8. The molecule has 2 heterocycles. The average Bonchev–Trinajstić information content (AvgIpc) is 2.82. The molecule has 1 fully saturated rings. The quantitative estimate of drug-likeness (QED) is 0.597. The molecule has 0 unspecified atom stereocenters. The van der Waals surface area contributed by atoms with Crippen molar-refractivity contribution in [3.8, 4) is 5.75 Å². The molecule has 1 N–H and O–H groups in total. The van der Waals surface area contributed by atoms with E-state index >= 15 is 0 Å². The van der Waals surface area contributed by atoms with Crippen LogP contribution in [0.15, 0.2) is 35.5 Å². The van der Waals surface area contributed by atoms with Crippen LogP contribution < -0.4 is 10.1 Å². The number of piperidine rings is 1. The van der Waals surface area contributed by atoms with Gasteiger partial charge in [0.1, 0.15) is 5.75 Å². The SMILES string of the molecule is CCOC(=O)C1=C(CN2CCC(C(=O)OCC)CC2)N(C)C(=O)N[C@@H]1c1ccccc1OC. The number of carbonyl (C=O) groups is 3. The molecule has 33 heavy (non-hydrogen) atoms. The third-order valence-electron chi connectivity index (χ3n) is 6.10. The molecular formula is C24H33N3O6. The Morgan fingerprint density at radius 1 is 1.09 bits per heavy atom. The first-order valence-electron chi connectivity index (χ1n) is 11.4. The number of benzene rings is 1. The number of esters is 2. The Balaban J connectivity index is 1.93. The lowest BCUT2D eigenvalue weighted by Gasteiger charge is -2.38. The number of hydrogen-bond acceptors (Lipinski definition) is 7. The van der Waals surface area contributed by atoms with Gasteiger partial charge in [-0.25, -0.2) is 9.59 Å². The Morgan fingerprint density at radius 2 is 1.76 bits per heavy atom. The van der Waals surface area contributed by atoms with Crippen molar-refractivity contribution < 1.29 is 28.6 Å². The maximum atomic E-state index is 13.1. The van der Waals surface area contributed by atoms with E-state index in [9.17, 15) is 14.4 Å². The number of urea groups is 1. The lowest BCUT2D eigenvalue weighted by Crippen LogP contribution is -2.50. The predicted molar refractivity (Wildman–Crippen MR) is 121 cm³/mol. The van der Waals surface area contributed by atoms with Crippen molar-refractivity contribution in [2.45, 2.75) is 32.7 Å². The lowest BCUT2D eigenvalue weighted by atomic mass is 9.92. The molecule has 2 aliphatic rings. The molecule has 9 heteroatoms. The lowest BCUT2D eigenvalue weighted by molar-refractivity contribution is -0.149. The van der Waals surface area contributed by atoms with E-state index in [-0.39, 0.29) is 24.5 Å². The highest BCUT2D eigenvalue weighted by molar-refractivity contribution is 5.95. The summed E-state index contributed by atoms with van der Waals surface area (Å²) < 4.78 is 16.0. The van der Waals surface area contributed by atoms with Gasteiger partial charge in [0.2, 0.25) is 0 Å². The molecule has 0 aliphatic carbocycles. The minimum absolute atomic E-state index is 0.117. The van der Waals surface area contributed by atoms with E-state index in [1.807, 2.05) is 18.2 Å². The number of nitrogens with one attached hydrogen (secondary N) is 1. The summed E-state index contributed by atoms with van der Waals surface area (Å²) in [6.45, 7) is 5.87. The van der Waals surface area contributed by atoms with Crippen molar-refractivity contribution in [1.82, 2.24) is 15.1 Å². The summed E-state index contributed by atoms with van der Waals surface area (Å²) in [4.78, 5) is 41.7. The molecule has 1 aromatic rings. The van der Waals surface area contributed by atoms with E-state index in [1.165, 1.54) is 4.90 Å². The van der Waals surface area contributed by atoms with Gasteiger partial charge in [-0.3, -0.25) is 14.6 Å². The van der Waals surface area contributed by atoms with Crippen LogP contribution in [-0.4, -0.2) is 74.8 Å². The molecule has 2 aliphatic heterocycles. The summed E-state index contributed by atoms with van der Waals surface area (Å²) in [5, 5.41) is 2.92. The highest BCUT2D eigenvalue weighted by Gasteiger charge is 2.39. The fourth-order valence-corrected chi connectivity index (χ4v) is 4.33. The molecule has 0 spiro atoms. The van der Waals surface area contributed by atoms with Gasteiger partial charge in [-0.15, -0.1) is 0 Å². The number of likely N-dealkylation sites (N-methyl/N-ethyl adjacent to an activating group) is 1. The highest BCUT2D eigenvalue weighted by atomic mass is 16.5. The number of likely N-dealkylation sites (tertiary alicyclic amines) is 1.